The van der Waals surface area contributed by atoms with Gasteiger partial charge in [-0.05, 0) is 47.8 Å². The van der Waals surface area contributed by atoms with Gasteiger partial charge in [0, 0.05) is 0 Å². The molecule has 15 heavy (non-hydrogen) atoms. The highest BCUT2D eigenvalue weighted by atomic mass is 79.9. The number of hydrogen-bond acceptors (Lipinski definition) is 2. The Labute approximate surface area is 96.9 Å². The number of carboxylic acid groups (broad SMARTS) is 1. The van der Waals surface area contributed by atoms with Crippen LogP contribution in [0.15, 0.2) is 22.7 Å². The average Bonchev–Trinajstić information content (AvgIpc) is 2.12. The Morgan fingerprint density at radius 2 is 2.07 bits per heavy atom. The lowest BCUT2D eigenvalue weighted by atomic mass is 9.86. The highest BCUT2D eigenvalue weighted by Gasteiger charge is 2.28. The van der Waals surface area contributed by atoms with Gasteiger partial charge in [-0.2, -0.15) is 0 Å². The van der Waals surface area contributed by atoms with E-state index in [0.717, 1.165) is 0 Å². The van der Waals surface area contributed by atoms with Crippen molar-refractivity contribution in [2.45, 2.75) is 20.3 Å². The minimum atomic E-state index is -0.877. The van der Waals surface area contributed by atoms with Crippen LogP contribution in [0.4, 0.5) is 0 Å². The molecule has 0 aliphatic heterocycles. The van der Waals surface area contributed by atoms with Crippen molar-refractivity contribution >= 4 is 21.9 Å². The molecule has 1 rings (SSSR count). The molecule has 0 spiro atoms. The number of aromatic hydroxyl groups is 1. The van der Waals surface area contributed by atoms with E-state index < -0.39 is 11.4 Å². The second-order valence-corrected chi connectivity index (χ2v) is 4.97. The quantitative estimate of drug-likeness (QED) is 0.890. The van der Waals surface area contributed by atoms with Gasteiger partial charge in [0.2, 0.25) is 0 Å². The van der Waals surface area contributed by atoms with Gasteiger partial charge < -0.3 is 10.2 Å². The van der Waals surface area contributed by atoms with Crippen LogP contribution < -0.4 is 0 Å². The summed E-state index contributed by atoms with van der Waals surface area (Å²) < 4.78 is 0.584. The monoisotopic (exact) mass is 272 g/mol. The fraction of sp³-hybridized carbons (Fsp3) is 0.364. The molecular formula is C11H13BrO3. The molecule has 1 aromatic rings. The maximum atomic E-state index is 10.9. The maximum Gasteiger partial charge on any atom is 0.309 e. The first-order chi connectivity index (χ1) is 6.84. The third kappa shape index (κ3) is 2.72. The molecule has 0 aliphatic rings. The Morgan fingerprint density at radius 1 is 1.47 bits per heavy atom. The van der Waals surface area contributed by atoms with Crippen molar-refractivity contribution in [3.05, 3.63) is 28.2 Å². The van der Waals surface area contributed by atoms with Gasteiger partial charge in [-0.25, -0.2) is 0 Å². The Morgan fingerprint density at radius 3 is 2.60 bits per heavy atom. The summed E-state index contributed by atoms with van der Waals surface area (Å²) in [6.45, 7) is 3.27. The van der Waals surface area contributed by atoms with Crippen molar-refractivity contribution in [1.82, 2.24) is 0 Å². The van der Waals surface area contributed by atoms with E-state index in [-0.39, 0.29) is 5.75 Å². The Bertz CT molecular complexity index is 385. The van der Waals surface area contributed by atoms with E-state index in [4.69, 9.17) is 5.11 Å². The number of carboxylic acids is 1. The number of aliphatic carboxylic acids is 1. The van der Waals surface area contributed by atoms with Gasteiger partial charge in [0.1, 0.15) is 5.75 Å². The van der Waals surface area contributed by atoms with Gasteiger partial charge in [-0.15, -0.1) is 0 Å². The first-order valence-electron chi connectivity index (χ1n) is 4.54. The molecule has 0 amide bonds. The number of benzene rings is 1. The van der Waals surface area contributed by atoms with Crippen molar-refractivity contribution in [3.8, 4) is 5.75 Å². The van der Waals surface area contributed by atoms with E-state index in [2.05, 4.69) is 15.9 Å². The van der Waals surface area contributed by atoms with Crippen molar-refractivity contribution in [1.29, 1.82) is 0 Å². The molecule has 0 fully saturated rings. The summed E-state index contributed by atoms with van der Waals surface area (Å²) in [5.74, 6) is -0.756. The van der Waals surface area contributed by atoms with Crippen LogP contribution >= 0.6 is 15.9 Å². The second kappa shape index (κ2) is 4.23. The standard InChI is InChI=1S/C11H13BrO3/c1-11(2,10(14)15)6-7-4-3-5-8(12)9(7)13/h3-5,13H,6H2,1-2H3,(H,14,15). The largest absolute Gasteiger partial charge is 0.506 e. The summed E-state index contributed by atoms with van der Waals surface area (Å²) in [6, 6.07) is 5.22. The number of halogens is 1. The molecule has 0 saturated carbocycles. The first kappa shape index (κ1) is 12.0. The van der Waals surface area contributed by atoms with Crippen molar-refractivity contribution in [2.24, 2.45) is 5.41 Å². The van der Waals surface area contributed by atoms with Crippen molar-refractivity contribution in [2.75, 3.05) is 0 Å². The molecule has 4 heteroatoms. The van der Waals surface area contributed by atoms with Crippen LogP contribution in [0.3, 0.4) is 0 Å². The topological polar surface area (TPSA) is 57.5 Å². The normalized spacial score (nSPS) is 11.4. The van der Waals surface area contributed by atoms with E-state index in [1.165, 1.54) is 0 Å². The van der Waals surface area contributed by atoms with Gasteiger partial charge in [0.05, 0.1) is 9.89 Å². The summed E-state index contributed by atoms with van der Waals surface area (Å²) in [5.41, 5.74) is -0.241. The van der Waals surface area contributed by atoms with Crippen LogP contribution in [0.1, 0.15) is 19.4 Å². The van der Waals surface area contributed by atoms with Gasteiger partial charge >= 0.3 is 5.97 Å². The molecule has 1 aromatic carbocycles. The molecular weight excluding hydrogens is 260 g/mol. The van der Waals surface area contributed by atoms with E-state index in [0.29, 0.717) is 16.5 Å². The fourth-order valence-corrected chi connectivity index (χ4v) is 1.66. The van der Waals surface area contributed by atoms with Gasteiger partial charge in [0.15, 0.2) is 0 Å². The highest BCUT2D eigenvalue weighted by molar-refractivity contribution is 9.10. The lowest BCUT2D eigenvalue weighted by molar-refractivity contribution is -0.146. The van der Waals surface area contributed by atoms with E-state index in [9.17, 15) is 9.90 Å². The average molecular weight is 273 g/mol. The lowest BCUT2D eigenvalue weighted by Gasteiger charge is -2.19. The lowest BCUT2D eigenvalue weighted by Crippen LogP contribution is -2.26. The summed E-state index contributed by atoms with van der Waals surface area (Å²) in [4.78, 5) is 10.9. The number of hydrogen-bond donors (Lipinski definition) is 2. The van der Waals surface area contributed by atoms with Crippen LogP contribution in [0.5, 0.6) is 5.75 Å². The molecule has 0 saturated heterocycles. The molecule has 3 nitrogen and oxygen atoms in total. The summed E-state index contributed by atoms with van der Waals surface area (Å²) >= 11 is 3.19. The van der Waals surface area contributed by atoms with Gasteiger partial charge in [0.25, 0.3) is 0 Å². The zero-order valence-electron chi connectivity index (χ0n) is 8.62. The SMILES string of the molecule is CC(C)(Cc1cccc(Br)c1O)C(=O)O. The van der Waals surface area contributed by atoms with Gasteiger partial charge in [-0.1, -0.05) is 12.1 Å². The smallest absolute Gasteiger partial charge is 0.309 e. The Hall–Kier alpha value is -1.03. The number of phenolic OH excluding ortho intramolecular Hbond substituents is 1. The minimum Gasteiger partial charge on any atom is -0.506 e. The molecule has 0 unspecified atom stereocenters. The molecule has 0 aromatic heterocycles. The maximum absolute atomic E-state index is 10.9. The predicted molar refractivity (Wildman–Crippen MR) is 60.9 cm³/mol. The van der Waals surface area contributed by atoms with Crippen LogP contribution in [0, 0.1) is 5.41 Å². The zero-order valence-corrected chi connectivity index (χ0v) is 10.2. The third-order valence-corrected chi connectivity index (χ3v) is 2.92. The summed E-state index contributed by atoms with van der Waals surface area (Å²) in [5, 5.41) is 18.7. The van der Waals surface area contributed by atoms with E-state index in [1.807, 2.05) is 0 Å². The van der Waals surface area contributed by atoms with E-state index in [1.54, 1.807) is 32.0 Å². The number of para-hydroxylation sites is 1. The molecule has 0 atom stereocenters. The summed E-state index contributed by atoms with van der Waals surface area (Å²) in [7, 11) is 0. The van der Waals surface area contributed by atoms with Crippen LogP contribution in [-0.2, 0) is 11.2 Å². The van der Waals surface area contributed by atoms with E-state index >= 15 is 0 Å². The molecule has 0 radical (unpaired) electrons. The number of carbonyl (C=O) groups is 1. The van der Waals surface area contributed by atoms with Crippen LogP contribution in [0.2, 0.25) is 0 Å². The molecule has 0 bridgehead atoms. The zero-order chi connectivity index (χ0) is 11.6. The third-order valence-electron chi connectivity index (χ3n) is 2.28. The summed E-state index contributed by atoms with van der Waals surface area (Å²) in [6.07, 6.45) is 0.299. The van der Waals surface area contributed by atoms with Crippen LogP contribution in [0.25, 0.3) is 0 Å². The second-order valence-electron chi connectivity index (χ2n) is 4.11. The molecule has 2 N–H and O–H groups in total. The van der Waals surface area contributed by atoms with Crippen LogP contribution in [-0.4, -0.2) is 16.2 Å². The first-order valence-corrected chi connectivity index (χ1v) is 5.33. The number of rotatable bonds is 3. The predicted octanol–water partition coefficient (Wildman–Crippen LogP) is 2.81. The van der Waals surface area contributed by atoms with Crippen molar-refractivity contribution < 1.29 is 15.0 Å². The Kier molecular flexibility index (Phi) is 3.39. The molecule has 0 heterocycles. The minimum absolute atomic E-state index is 0.117. The Balaban J connectivity index is 3.00. The number of phenols is 1. The van der Waals surface area contributed by atoms with Gasteiger partial charge in [-0.3, -0.25) is 4.79 Å². The van der Waals surface area contributed by atoms with Crippen molar-refractivity contribution in [3.63, 3.8) is 0 Å². The molecule has 82 valence electrons. The molecule has 0 aliphatic carbocycles. The fourth-order valence-electron chi connectivity index (χ4n) is 1.25. The highest BCUT2D eigenvalue weighted by Crippen LogP contribution is 2.32.